The highest BCUT2D eigenvalue weighted by Crippen LogP contribution is 2.70. The zero-order valence-corrected chi connectivity index (χ0v) is 15.7. The minimum atomic E-state index is -3.51. The Balaban J connectivity index is 5.49. The summed E-state index contributed by atoms with van der Waals surface area (Å²) in [6.45, 7) is 14.1. The van der Waals surface area contributed by atoms with Gasteiger partial charge >= 0.3 is 7.60 Å². The Morgan fingerprint density at radius 2 is 1.15 bits per heavy atom. The van der Waals surface area contributed by atoms with E-state index in [9.17, 15) is 9.13 Å². The molecule has 0 aromatic rings. The quantitative estimate of drug-likeness (QED) is 0.551. The van der Waals surface area contributed by atoms with Crippen LogP contribution in [0.25, 0.3) is 0 Å². The maximum absolute atomic E-state index is 13.1. The van der Waals surface area contributed by atoms with E-state index >= 15 is 0 Å². The first-order chi connectivity index (χ1) is 8.94. The van der Waals surface area contributed by atoms with Crippen molar-refractivity contribution in [1.82, 2.24) is 0 Å². The van der Waals surface area contributed by atoms with Crippen molar-refractivity contribution in [2.45, 2.75) is 78.6 Å². The Kier molecular flexibility index (Phi) is 8.24. The summed E-state index contributed by atoms with van der Waals surface area (Å²) in [5, 5.41) is -0.734. The number of rotatable bonds is 9. The summed E-state index contributed by atoms with van der Waals surface area (Å²) in [6, 6.07) is 0. The Labute approximate surface area is 123 Å². The van der Waals surface area contributed by atoms with Crippen molar-refractivity contribution in [2.24, 2.45) is 0 Å². The summed E-state index contributed by atoms with van der Waals surface area (Å²) < 4.78 is 42.5. The van der Waals surface area contributed by atoms with Gasteiger partial charge in [-0.3, -0.25) is 9.13 Å². The van der Waals surface area contributed by atoms with Crippen molar-refractivity contribution in [3.05, 3.63) is 0 Å². The van der Waals surface area contributed by atoms with E-state index in [1.54, 1.807) is 41.5 Å². The molecule has 2 unspecified atom stereocenters. The molecule has 0 rings (SSSR count). The van der Waals surface area contributed by atoms with Gasteiger partial charge in [0.15, 0.2) is 0 Å². The molecule has 0 aliphatic carbocycles. The Morgan fingerprint density at radius 1 is 0.800 bits per heavy atom. The van der Waals surface area contributed by atoms with Gasteiger partial charge in [-0.1, -0.05) is 6.92 Å². The molecule has 0 fully saturated rings. The van der Waals surface area contributed by atoms with Gasteiger partial charge in [-0.05, 0) is 48.0 Å². The molecule has 0 saturated heterocycles. The van der Waals surface area contributed by atoms with Gasteiger partial charge in [-0.2, -0.15) is 0 Å². The highest BCUT2D eigenvalue weighted by atomic mass is 31.2. The molecule has 0 spiro atoms. The molecule has 2 atom stereocenters. The summed E-state index contributed by atoms with van der Waals surface area (Å²) in [5.74, 6) is 0. The SMILES string of the molecule is CCC(P(C)(=O)OC(C)C)P(=O)(OC(C)C)OC(C)C. The van der Waals surface area contributed by atoms with Crippen molar-refractivity contribution >= 4 is 15.0 Å². The largest absolute Gasteiger partial charge is 0.343 e. The van der Waals surface area contributed by atoms with Crippen molar-refractivity contribution in [3.8, 4) is 0 Å². The van der Waals surface area contributed by atoms with Crippen LogP contribution in [0.1, 0.15) is 54.9 Å². The van der Waals surface area contributed by atoms with Crippen LogP contribution in [-0.2, 0) is 22.7 Å². The molecule has 5 nitrogen and oxygen atoms in total. The standard InChI is InChI=1S/C13H30O5P2/c1-9-13(19(8,14)16-10(2)3)20(15,17-11(4)5)18-12(6)7/h10-13H,9H2,1-8H3. The summed E-state index contributed by atoms with van der Waals surface area (Å²) in [5.41, 5.74) is 0. The van der Waals surface area contributed by atoms with E-state index in [2.05, 4.69) is 0 Å². The van der Waals surface area contributed by atoms with Gasteiger partial charge in [-0.15, -0.1) is 0 Å². The van der Waals surface area contributed by atoms with Crippen LogP contribution in [0.2, 0.25) is 0 Å². The van der Waals surface area contributed by atoms with E-state index in [1.165, 1.54) is 6.66 Å². The summed E-state index contributed by atoms with van der Waals surface area (Å²) in [7, 11) is -6.61. The molecule has 20 heavy (non-hydrogen) atoms. The van der Waals surface area contributed by atoms with Crippen molar-refractivity contribution in [2.75, 3.05) is 6.66 Å². The average Bonchev–Trinajstić information content (AvgIpc) is 2.10. The monoisotopic (exact) mass is 328 g/mol. The average molecular weight is 328 g/mol. The normalized spacial score (nSPS) is 17.8. The molecule has 0 radical (unpaired) electrons. The minimum Gasteiger partial charge on any atom is -0.325 e. The Bertz CT molecular complexity index is 365. The van der Waals surface area contributed by atoms with Gasteiger partial charge < -0.3 is 13.6 Å². The van der Waals surface area contributed by atoms with E-state index in [0.717, 1.165) is 0 Å². The third kappa shape index (κ3) is 6.41. The van der Waals surface area contributed by atoms with Gasteiger partial charge in [0.2, 0.25) is 7.37 Å². The molecule has 0 aromatic heterocycles. The molecule has 0 saturated carbocycles. The fraction of sp³-hybridized carbons (Fsp3) is 1.00. The molecule has 0 aliphatic heterocycles. The molecule has 0 bridgehead atoms. The topological polar surface area (TPSA) is 61.8 Å². The van der Waals surface area contributed by atoms with Crippen LogP contribution in [0.3, 0.4) is 0 Å². The molecule has 0 aromatic carbocycles. The zero-order chi connectivity index (χ0) is 16.1. The molecule has 0 N–H and O–H groups in total. The molecule has 0 amide bonds. The molecule has 0 aliphatic rings. The van der Waals surface area contributed by atoms with E-state index in [1.807, 2.05) is 6.92 Å². The first-order valence-electron chi connectivity index (χ1n) is 7.16. The number of hydrogen-bond acceptors (Lipinski definition) is 5. The van der Waals surface area contributed by atoms with Crippen LogP contribution in [-0.4, -0.2) is 30.4 Å². The van der Waals surface area contributed by atoms with Crippen LogP contribution >= 0.6 is 15.0 Å². The van der Waals surface area contributed by atoms with Gasteiger partial charge in [0.1, 0.15) is 5.40 Å². The summed E-state index contributed by atoms with van der Waals surface area (Å²) >= 11 is 0. The van der Waals surface area contributed by atoms with Gasteiger partial charge in [-0.25, -0.2) is 0 Å². The lowest BCUT2D eigenvalue weighted by Gasteiger charge is -2.33. The minimum absolute atomic E-state index is 0.202. The lowest BCUT2D eigenvalue weighted by Crippen LogP contribution is -2.20. The zero-order valence-electron chi connectivity index (χ0n) is 14.0. The Morgan fingerprint density at radius 3 is 1.40 bits per heavy atom. The van der Waals surface area contributed by atoms with Crippen molar-refractivity contribution in [1.29, 1.82) is 0 Å². The van der Waals surface area contributed by atoms with Gasteiger partial charge in [0, 0.05) is 6.66 Å². The van der Waals surface area contributed by atoms with E-state index in [-0.39, 0.29) is 18.3 Å². The smallest absolute Gasteiger partial charge is 0.325 e. The van der Waals surface area contributed by atoms with E-state index in [0.29, 0.717) is 6.42 Å². The lowest BCUT2D eigenvalue weighted by molar-refractivity contribution is 0.138. The molecule has 122 valence electrons. The Hall–Kier alpha value is 0.340. The first kappa shape index (κ1) is 20.3. The fourth-order valence-electron chi connectivity index (χ4n) is 2.05. The van der Waals surface area contributed by atoms with Crippen LogP contribution in [0.15, 0.2) is 0 Å². The maximum atomic E-state index is 13.1. The van der Waals surface area contributed by atoms with E-state index in [4.69, 9.17) is 13.6 Å². The second-order valence-electron chi connectivity index (χ2n) is 5.80. The third-order valence-electron chi connectivity index (χ3n) is 2.41. The second-order valence-corrected chi connectivity index (χ2v) is 11.0. The number of hydrogen-bond donors (Lipinski definition) is 0. The van der Waals surface area contributed by atoms with E-state index < -0.39 is 20.4 Å². The van der Waals surface area contributed by atoms with Crippen LogP contribution < -0.4 is 0 Å². The molecule has 7 heteroatoms. The fourth-order valence-corrected chi connectivity index (χ4v) is 8.19. The highest BCUT2D eigenvalue weighted by molar-refractivity contribution is 7.74. The predicted octanol–water partition coefficient (Wildman–Crippen LogP) is 5.10. The van der Waals surface area contributed by atoms with Crippen LogP contribution in [0.5, 0.6) is 0 Å². The maximum Gasteiger partial charge on any atom is 0.343 e. The first-order valence-corrected chi connectivity index (χ1v) is 10.9. The molecular formula is C13H30O5P2. The highest BCUT2D eigenvalue weighted by Gasteiger charge is 2.47. The second kappa shape index (κ2) is 8.10. The van der Waals surface area contributed by atoms with Gasteiger partial charge in [0.05, 0.1) is 18.3 Å². The van der Waals surface area contributed by atoms with Crippen LogP contribution in [0.4, 0.5) is 0 Å². The lowest BCUT2D eigenvalue weighted by atomic mass is 10.5. The summed E-state index contributed by atoms with van der Waals surface area (Å²) in [6.07, 6.45) is -0.330. The third-order valence-corrected chi connectivity index (χ3v) is 9.33. The van der Waals surface area contributed by atoms with Gasteiger partial charge in [0.25, 0.3) is 0 Å². The van der Waals surface area contributed by atoms with Crippen molar-refractivity contribution < 1.29 is 22.7 Å². The molecular weight excluding hydrogens is 298 g/mol. The predicted molar refractivity (Wildman–Crippen MR) is 83.9 cm³/mol. The van der Waals surface area contributed by atoms with Crippen LogP contribution in [0, 0.1) is 0 Å². The summed E-state index contributed by atoms with van der Waals surface area (Å²) in [4.78, 5) is 0. The molecule has 0 heterocycles. The van der Waals surface area contributed by atoms with Crippen molar-refractivity contribution in [3.63, 3.8) is 0 Å².